The van der Waals surface area contributed by atoms with Gasteiger partial charge in [0.2, 0.25) is 5.91 Å². The molecule has 0 saturated carbocycles. The Morgan fingerprint density at radius 3 is 2.45 bits per heavy atom. The van der Waals surface area contributed by atoms with Crippen LogP contribution in [0.15, 0.2) is 40.2 Å². The summed E-state index contributed by atoms with van der Waals surface area (Å²) in [7, 11) is 2.98. The molecule has 0 saturated heterocycles. The second-order valence-corrected chi connectivity index (χ2v) is 11.5. The molecule has 1 atom stereocenters. The van der Waals surface area contributed by atoms with Crippen LogP contribution in [0, 0.1) is 12.7 Å². The van der Waals surface area contributed by atoms with Gasteiger partial charge in [0.05, 0.1) is 44.6 Å². The van der Waals surface area contributed by atoms with Gasteiger partial charge in [0.15, 0.2) is 0 Å². The lowest BCUT2D eigenvalue weighted by Crippen LogP contribution is -2.56. The molecule has 0 aliphatic rings. The molecule has 12 nitrogen and oxygen atoms in total. The minimum Gasteiger partial charge on any atom is -0.496 e. The molecule has 1 N–H and O–H groups in total. The predicted octanol–water partition coefficient (Wildman–Crippen LogP) is 2.93. The number of nitrogens with one attached hydrogen (secondary N) is 1. The number of benzene rings is 1. The zero-order chi connectivity index (χ0) is 30.8. The van der Waals surface area contributed by atoms with Gasteiger partial charge >= 0.3 is 5.69 Å². The standard InChI is InChI=1S/C28H35FN6O6S/c1-16(2)32-26(37)28(4,5)34-23(36)22-17(3)24(35-30-10-11-31-35)42-25(22)33(27(34)38)15-21(41-13-12-39-6)19-14-18(29)8-9-20(19)40-7/h8-11,14,16,21H,12-13,15H2,1-7H3,(H,32,37). The number of aromatic nitrogens is 5. The molecule has 3 aromatic heterocycles. The van der Waals surface area contributed by atoms with E-state index < -0.39 is 34.6 Å². The summed E-state index contributed by atoms with van der Waals surface area (Å²) in [6.45, 7) is 8.60. The molecule has 4 aromatic rings. The summed E-state index contributed by atoms with van der Waals surface area (Å²) < 4.78 is 33.6. The van der Waals surface area contributed by atoms with Gasteiger partial charge in [-0.1, -0.05) is 11.3 Å². The molecule has 0 radical (unpaired) electrons. The first-order chi connectivity index (χ1) is 19.9. The minimum atomic E-state index is -1.56. The largest absolute Gasteiger partial charge is 0.496 e. The van der Waals surface area contributed by atoms with E-state index >= 15 is 0 Å². The van der Waals surface area contributed by atoms with Gasteiger partial charge in [0.1, 0.15) is 33.0 Å². The molecule has 1 aromatic carbocycles. The molecule has 3 heterocycles. The van der Waals surface area contributed by atoms with Crippen molar-refractivity contribution in [3.63, 3.8) is 0 Å². The van der Waals surface area contributed by atoms with Crippen LogP contribution in [0.1, 0.15) is 44.9 Å². The van der Waals surface area contributed by atoms with Gasteiger partial charge in [-0.15, -0.1) is 4.80 Å². The first-order valence-electron chi connectivity index (χ1n) is 13.3. The average Bonchev–Trinajstić information content (AvgIpc) is 3.58. The summed E-state index contributed by atoms with van der Waals surface area (Å²) >= 11 is 1.16. The molecule has 1 unspecified atom stereocenters. The van der Waals surface area contributed by atoms with E-state index in [1.54, 1.807) is 20.8 Å². The zero-order valence-electron chi connectivity index (χ0n) is 24.6. The Morgan fingerprint density at radius 1 is 1.14 bits per heavy atom. The van der Waals surface area contributed by atoms with Crippen molar-refractivity contribution in [3.8, 4) is 10.8 Å². The Hall–Kier alpha value is -3.88. The van der Waals surface area contributed by atoms with Crippen molar-refractivity contribution in [2.24, 2.45) is 0 Å². The van der Waals surface area contributed by atoms with Crippen molar-refractivity contribution >= 4 is 27.5 Å². The van der Waals surface area contributed by atoms with Gasteiger partial charge in [-0.05, 0) is 52.8 Å². The van der Waals surface area contributed by atoms with Crippen LogP contribution in [0.5, 0.6) is 5.75 Å². The molecule has 0 aliphatic carbocycles. The second kappa shape index (κ2) is 12.5. The van der Waals surface area contributed by atoms with Crippen LogP contribution in [0.2, 0.25) is 0 Å². The Labute approximate surface area is 245 Å². The summed E-state index contributed by atoms with van der Waals surface area (Å²) in [6.07, 6.45) is 2.12. The maximum Gasteiger partial charge on any atom is 0.333 e. The fraction of sp³-hybridized carbons (Fsp3) is 0.464. The predicted molar refractivity (Wildman–Crippen MR) is 156 cm³/mol. The smallest absolute Gasteiger partial charge is 0.333 e. The average molecular weight is 603 g/mol. The number of carbonyl (C=O) groups excluding carboxylic acids is 1. The van der Waals surface area contributed by atoms with Crippen LogP contribution in [0.4, 0.5) is 4.39 Å². The number of amides is 1. The first kappa shape index (κ1) is 31.1. The van der Waals surface area contributed by atoms with E-state index in [1.165, 1.54) is 68.0 Å². The number of hydrogen-bond donors (Lipinski definition) is 1. The number of thiophene rings is 1. The second-order valence-electron chi connectivity index (χ2n) is 10.5. The fourth-order valence-corrected chi connectivity index (χ4v) is 5.90. The normalized spacial score (nSPS) is 12.7. The first-order valence-corrected chi connectivity index (χ1v) is 14.1. The molecule has 4 rings (SSSR count). The number of halogens is 1. The van der Waals surface area contributed by atoms with Crippen LogP contribution in [0.25, 0.3) is 15.2 Å². The van der Waals surface area contributed by atoms with E-state index in [2.05, 4.69) is 15.5 Å². The summed E-state index contributed by atoms with van der Waals surface area (Å²) in [6, 6.07) is 3.80. The molecule has 0 aliphatic heterocycles. The van der Waals surface area contributed by atoms with Crippen LogP contribution >= 0.6 is 11.3 Å². The third-order valence-corrected chi connectivity index (χ3v) is 8.10. The summed E-state index contributed by atoms with van der Waals surface area (Å²) in [5.74, 6) is -0.653. The molecular weight excluding hydrogens is 567 g/mol. The molecule has 42 heavy (non-hydrogen) atoms. The lowest BCUT2D eigenvalue weighted by Gasteiger charge is -2.28. The van der Waals surface area contributed by atoms with E-state index in [-0.39, 0.29) is 31.2 Å². The van der Waals surface area contributed by atoms with Crippen molar-refractivity contribution in [1.82, 2.24) is 29.4 Å². The number of fused-ring (bicyclic) bond motifs is 1. The minimum absolute atomic E-state index is 0.132. The van der Waals surface area contributed by atoms with Gasteiger partial charge in [0, 0.05) is 24.3 Å². The Balaban J connectivity index is 2.02. The summed E-state index contributed by atoms with van der Waals surface area (Å²) in [4.78, 5) is 43.4. The Bertz CT molecular complexity index is 1690. The van der Waals surface area contributed by atoms with E-state index in [9.17, 15) is 18.8 Å². The highest BCUT2D eigenvalue weighted by atomic mass is 32.1. The summed E-state index contributed by atoms with van der Waals surface area (Å²) in [5, 5.41) is 12.0. The molecule has 0 spiro atoms. The Morgan fingerprint density at radius 2 is 1.83 bits per heavy atom. The van der Waals surface area contributed by atoms with Crippen molar-refractivity contribution in [3.05, 3.63) is 68.4 Å². The topological polar surface area (TPSA) is 132 Å². The molecular formula is C28H35FN6O6S. The highest BCUT2D eigenvalue weighted by molar-refractivity contribution is 7.21. The van der Waals surface area contributed by atoms with E-state index in [4.69, 9.17) is 14.2 Å². The van der Waals surface area contributed by atoms with Gasteiger partial charge < -0.3 is 19.5 Å². The maximum atomic E-state index is 14.5. The molecule has 14 heteroatoms. The van der Waals surface area contributed by atoms with Crippen molar-refractivity contribution in [2.45, 2.75) is 58.8 Å². The van der Waals surface area contributed by atoms with Crippen LogP contribution in [-0.2, 0) is 26.4 Å². The van der Waals surface area contributed by atoms with E-state index in [1.807, 2.05) is 0 Å². The number of ether oxygens (including phenoxy) is 3. The van der Waals surface area contributed by atoms with Crippen LogP contribution in [-0.4, -0.2) is 63.5 Å². The zero-order valence-corrected chi connectivity index (χ0v) is 25.5. The lowest BCUT2D eigenvalue weighted by molar-refractivity contribution is -0.129. The number of carbonyl (C=O) groups is 1. The monoisotopic (exact) mass is 602 g/mol. The van der Waals surface area contributed by atoms with Crippen LogP contribution < -0.4 is 21.3 Å². The molecule has 0 fully saturated rings. The van der Waals surface area contributed by atoms with Gasteiger partial charge in [-0.3, -0.25) is 14.2 Å². The van der Waals surface area contributed by atoms with E-state index in [0.29, 0.717) is 26.7 Å². The van der Waals surface area contributed by atoms with Crippen LogP contribution in [0.3, 0.4) is 0 Å². The Kier molecular flexibility index (Phi) is 9.28. The van der Waals surface area contributed by atoms with Crippen molar-refractivity contribution in [2.75, 3.05) is 27.4 Å². The van der Waals surface area contributed by atoms with Gasteiger partial charge in [-0.2, -0.15) is 10.2 Å². The maximum absolute atomic E-state index is 14.5. The summed E-state index contributed by atoms with van der Waals surface area (Å²) in [5.41, 5.74) is -2.00. The fourth-order valence-electron chi connectivity index (χ4n) is 4.68. The lowest BCUT2D eigenvalue weighted by atomic mass is 10.0. The number of hydrogen-bond acceptors (Lipinski definition) is 9. The number of aryl methyl sites for hydroxylation is 1. The number of rotatable bonds is 12. The SMILES string of the molecule is COCCOC(Cn1c(=O)n(C(C)(C)C(=O)NC(C)C)c(=O)c2c(C)c(-n3nccn3)sc21)c1cc(F)ccc1OC. The van der Waals surface area contributed by atoms with Crippen molar-refractivity contribution < 1.29 is 23.4 Å². The third kappa shape index (κ3) is 5.87. The van der Waals surface area contributed by atoms with Crippen molar-refractivity contribution in [1.29, 1.82) is 0 Å². The van der Waals surface area contributed by atoms with Gasteiger partial charge in [-0.25, -0.2) is 13.8 Å². The van der Waals surface area contributed by atoms with Gasteiger partial charge in [0.25, 0.3) is 5.56 Å². The van der Waals surface area contributed by atoms with E-state index in [0.717, 1.165) is 15.9 Å². The third-order valence-electron chi connectivity index (χ3n) is 6.82. The number of nitrogens with zero attached hydrogens (tertiary/aromatic N) is 5. The quantitative estimate of drug-likeness (QED) is 0.245. The highest BCUT2D eigenvalue weighted by Crippen LogP contribution is 2.34. The number of methoxy groups -OCH3 is 2. The highest BCUT2D eigenvalue weighted by Gasteiger charge is 2.36. The molecule has 0 bridgehead atoms. The molecule has 1 amide bonds. The molecule has 226 valence electrons.